The SMILES string of the molecule is CC(C)c1cc(NC(=O)c2ccc(Oc3ccccc3)cc2)c(OC=O)cc1Cc1ccc(C(=O)Nc2ccccc2)o1. The molecule has 1 heterocycles. The normalized spacial score (nSPS) is 10.7. The van der Waals surface area contributed by atoms with Crippen LogP contribution in [0.2, 0.25) is 0 Å². The number of para-hydroxylation sites is 2. The Morgan fingerprint density at radius 2 is 1.47 bits per heavy atom. The molecule has 0 fully saturated rings. The lowest BCUT2D eigenvalue weighted by Gasteiger charge is -2.18. The number of rotatable bonds is 11. The first kappa shape index (κ1) is 28.9. The monoisotopic (exact) mass is 574 g/mol. The van der Waals surface area contributed by atoms with Gasteiger partial charge in [-0.1, -0.05) is 50.2 Å². The average Bonchev–Trinajstić information content (AvgIpc) is 3.48. The molecule has 0 saturated carbocycles. The minimum absolute atomic E-state index is 0.0705. The lowest BCUT2D eigenvalue weighted by atomic mass is 9.93. The number of ether oxygens (including phenoxy) is 2. The Hall–Kier alpha value is -5.63. The molecule has 5 aromatic rings. The van der Waals surface area contributed by atoms with Crippen molar-refractivity contribution in [3.63, 3.8) is 0 Å². The Labute approximate surface area is 249 Å². The zero-order chi connectivity index (χ0) is 30.2. The third kappa shape index (κ3) is 7.37. The van der Waals surface area contributed by atoms with E-state index < -0.39 is 0 Å². The highest BCUT2D eigenvalue weighted by Crippen LogP contribution is 2.34. The van der Waals surface area contributed by atoms with Gasteiger partial charge in [-0.3, -0.25) is 14.4 Å². The summed E-state index contributed by atoms with van der Waals surface area (Å²) < 4.78 is 16.9. The molecular formula is C35H30N2O6. The van der Waals surface area contributed by atoms with Crippen LogP contribution in [0, 0.1) is 0 Å². The summed E-state index contributed by atoms with van der Waals surface area (Å²) >= 11 is 0. The molecule has 0 spiro atoms. The third-order valence-corrected chi connectivity index (χ3v) is 6.66. The maximum absolute atomic E-state index is 13.1. The van der Waals surface area contributed by atoms with Crippen LogP contribution in [0.5, 0.6) is 17.2 Å². The minimum atomic E-state index is -0.371. The van der Waals surface area contributed by atoms with Crippen molar-refractivity contribution in [2.24, 2.45) is 0 Å². The molecule has 8 heteroatoms. The largest absolute Gasteiger partial charge is 0.457 e. The molecular weight excluding hydrogens is 544 g/mol. The van der Waals surface area contributed by atoms with Gasteiger partial charge in [0.25, 0.3) is 18.3 Å². The molecule has 0 aliphatic rings. The molecule has 0 radical (unpaired) electrons. The van der Waals surface area contributed by atoms with E-state index in [-0.39, 0.29) is 29.2 Å². The van der Waals surface area contributed by atoms with Crippen molar-refractivity contribution in [2.75, 3.05) is 10.6 Å². The van der Waals surface area contributed by atoms with E-state index in [1.54, 1.807) is 60.7 Å². The Kier molecular flexibility index (Phi) is 8.97. The predicted molar refractivity (Wildman–Crippen MR) is 164 cm³/mol. The summed E-state index contributed by atoms with van der Waals surface area (Å²) in [4.78, 5) is 37.2. The highest BCUT2D eigenvalue weighted by Gasteiger charge is 2.19. The van der Waals surface area contributed by atoms with E-state index in [9.17, 15) is 14.4 Å². The first-order chi connectivity index (χ1) is 20.9. The van der Waals surface area contributed by atoms with Crippen molar-refractivity contribution in [3.05, 3.63) is 137 Å². The van der Waals surface area contributed by atoms with Crippen LogP contribution in [0.1, 0.15) is 57.6 Å². The van der Waals surface area contributed by atoms with E-state index in [0.717, 1.165) is 11.1 Å². The predicted octanol–water partition coefficient (Wildman–Crippen LogP) is 7.83. The zero-order valence-electron chi connectivity index (χ0n) is 23.7. The zero-order valence-corrected chi connectivity index (χ0v) is 23.7. The van der Waals surface area contributed by atoms with Crippen LogP contribution in [0.15, 0.2) is 114 Å². The van der Waals surface area contributed by atoms with Crippen molar-refractivity contribution in [1.82, 2.24) is 0 Å². The topological polar surface area (TPSA) is 107 Å². The number of hydrogen-bond acceptors (Lipinski definition) is 6. The molecule has 2 amide bonds. The molecule has 0 atom stereocenters. The van der Waals surface area contributed by atoms with Gasteiger partial charge in [0.05, 0.1) is 5.69 Å². The Balaban J connectivity index is 1.33. The van der Waals surface area contributed by atoms with Gasteiger partial charge in [0.15, 0.2) is 11.5 Å². The molecule has 5 rings (SSSR count). The first-order valence-electron chi connectivity index (χ1n) is 13.8. The number of benzene rings is 4. The van der Waals surface area contributed by atoms with Gasteiger partial charge in [-0.15, -0.1) is 0 Å². The van der Waals surface area contributed by atoms with Crippen molar-refractivity contribution >= 4 is 29.7 Å². The summed E-state index contributed by atoms with van der Waals surface area (Å²) in [6.07, 6.45) is 0.346. The van der Waals surface area contributed by atoms with Gasteiger partial charge in [0, 0.05) is 17.7 Å². The van der Waals surface area contributed by atoms with Gasteiger partial charge in [0.1, 0.15) is 17.3 Å². The van der Waals surface area contributed by atoms with E-state index in [1.165, 1.54) is 0 Å². The van der Waals surface area contributed by atoms with Crippen LogP contribution in [0.3, 0.4) is 0 Å². The average molecular weight is 575 g/mol. The Bertz CT molecular complexity index is 1710. The van der Waals surface area contributed by atoms with E-state index in [4.69, 9.17) is 13.9 Å². The molecule has 4 aromatic carbocycles. The number of carbonyl (C=O) groups excluding carboxylic acids is 3. The molecule has 2 N–H and O–H groups in total. The van der Waals surface area contributed by atoms with Gasteiger partial charge in [-0.25, -0.2) is 0 Å². The lowest BCUT2D eigenvalue weighted by molar-refractivity contribution is -0.120. The molecule has 8 nitrogen and oxygen atoms in total. The lowest BCUT2D eigenvalue weighted by Crippen LogP contribution is -2.14. The first-order valence-corrected chi connectivity index (χ1v) is 13.8. The minimum Gasteiger partial charge on any atom is -0.457 e. The molecule has 0 bridgehead atoms. The standard InChI is InChI=1S/C35H30N2O6/c1-23(2)30-21-31(37-34(39)24-13-15-28(16-14-24)42-27-11-7-4-8-12-27)33(41-22-38)20-25(30)19-29-17-18-32(43-29)35(40)36-26-9-5-3-6-10-26/h3-18,20-23H,19H2,1-2H3,(H,36,40)(H,37,39). The summed E-state index contributed by atoms with van der Waals surface area (Å²) in [5.41, 5.74) is 3.18. The number of amides is 2. The maximum atomic E-state index is 13.1. The van der Waals surface area contributed by atoms with Crippen LogP contribution >= 0.6 is 0 Å². The molecule has 216 valence electrons. The van der Waals surface area contributed by atoms with E-state index in [0.29, 0.717) is 47.1 Å². The fourth-order valence-corrected chi connectivity index (χ4v) is 4.57. The molecule has 43 heavy (non-hydrogen) atoms. The fourth-order valence-electron chi connectivity index (χ4n) is 4.57. The van der Waals surface area contributed by atoms with Crippen molar-refractivity contribution < 1.29 is 28.3 Å². The number of carbonyl (C=O) groups is 3. The summed E-state index contributed by atoms with van der Waals surface area (Å²) in [5.74, 6) is 1.57. The summed E-state index contributed by atoms with van der Waals surface area (Å²) in [6, 6.07) is 32.1. The second-order valence-electron chi connectivity index (χ2n) is 10.1. The van der Waals surface area contributed by atoms with Gasteiger partial charge in [-0.05, 0) is 89.8 Å². The quantitative estimate of drug-likeness (QED) is 0.156. The maximum Gasteiger partial charge on any atom is 0.298 e. The van der Waals surface area contributed by atoms with Crippen LogP contribution in [0.4, 0.5) is 11.4 Å². The number of anilines is 2. The van der Waals surface area contributed by atoms with Crippen molar-refractivity contribution in [2.45, 2.75) is 26.2 Å². The van der Waals surface area contributed by atoms with E-state index >= 15 is 0 Å². The highest BCUT2D eigenvalue weighted by molar-refractivity contribution is 6.05. The number of hydrogen-bond donors (Lipinski definition) is 2. The number of furan rings is 1. The van der Waals surface area contributed by atoms with Gasteiger partial charge in [-0.2, -0.15) is 0 Å². The molecule has 0 saturated heterocycles. The van der Waals surface area contributed by atoms with Crippen LogP contribution in [-0.2, 0) is 11.2 Å². The van der Waals surface area contributed by atoms with Gasteiger partial charge in [0.2, 0.25) is 0 Å². The molecule has 0 aliphatic heterocycles. The Morgan fingerprint density at radius 1 is 0.791 bits per heavy atom. The molecule has 1 aromatic heterocycles. The molecule has 0 unspecified atom stereocenters. The second kappa shape index (κ2) is 13.4. The summed E-state index contributed by atoms with van der Waals surface area (Å²) in [6.45, 7) is 4.37. The highest BCUT2D eigenvalue weighted by atomic mass is 16.5. The van der Waals surface area contributed by atoms with Gasteiger partial charge < -0.3 is 24.5 Å². The van der Waals surface area contributed by atoms with Crippen LogP contribution < -0.4 is 20.1 Å². The van der Waals surface area contributed by atoms with E-state index in [2.05, 4.69) is 10.6 Å². The van der Waals surface area contributed by atoms with E-state index in [1.807, 2.05) is 62.4 Å². The van der Waals surface area contributed by atoms with Gasteiger partial charge >= 0.3 is 0 Å². The third-order valence-electron chi connectivity index (χ3n) is 6.66. The summed E-state index contributed by atoms with van der Waals surface area (Å²) in [5, 5.41) is 5.67. The van der Waals surface area contributed by atoms with Crippen molar-refractivity contribution in [1.29, 1.82) is 0 Å². The Morgan fingerprint density at radius 3 is 2.14 bits per heavy atom. The summed E-state index contributed by atoms with van der Waals surface area (Å²) in [7, 11) is 0. The van der Waals surface area contributed by atoms with Crippen molar-refractivity contribution in [3.8, 4) is 17.2 Å². The molecule has 0 aliphatic carbocycles. The van der Waals surface area contributed by atoms with Crippen LogP contribution in [0.25, 0.3) is 0 Å². The smallest absolute Gasteiger partial charge is 0.298 e. The van der Waals surface area contributed by atoms with Crippen LogP contribution in [-0.4, -0.2) is 18.3 Å². The second-order valence-corrected chi connectivity index (χ2v) is 10.1. The fraction of sp³-hybridized carbons (Fsp3) is 0.114. The number of nitrogens with one attached hydrogen (secondary N) is 2.